The van der Waals surface area contributed by atoms with Gasteiger partial charge < -0.3 is 4.55 Å². The number of thiophene rings is 1. The Morgan fingerprint density at radius 1 is 0.735 bits per heavy atom. The van der Waals surface area contributed by atoms with Crippen molar-refractivity contribution in [2.24, 2.45) is 0 Å². The minimum absolute atomic E-state index is 0.0247. The summed E-state index contributed by atoms with van der Waals surface area (Å²) in [4.78, 5) is 0.394. The molecule has 0 aliphatic heterocycles. The first-order chi connectivity index (χ1) is 16.0. The predicted molar refractivity (Wildman–Crippen MR) is 118 cm³/mol. The predicted octanol–water partition coefficient (Wildman–Crippen LogP) is 6.44. The van der Waals surface area contributed by atoms with E-state index < -0.39 is 44.1 Å². The summed E-state index contributed by atoms with van der Waals surface area (Å²) in [5.74, 6) is -12.8. The summed E-state index contributed by atoms with van der Waals surface area (Å²) < 4.78 is 94.3. The smallest absolute Gasteiger partial charge is 0.220 e. The van der Waals surface area contributed by atoms with Crippen LogP contribution in [0.3, 0.4) is 0 Å². The highest BCUT2D eigenvalue weighted by molar-refractivity contribution is 7.98. The van der Waals surface area contributed by atoms with Gasteiger partial charge in [-0.1, -0.05) is 47.7 Å². The van der Waals surface area contributed by atoms with E-state index >= 15 is 0 Å². The lowest BCUT2D eigenvalue weighted by atomic mass is 10.3. The Morgan fingerprint density at radius 3 is 1.50 bits per heavy atom. The summed E-state index contributed by atoms with van der Waals surface area (Å²) in [5, 5.41) is 2.24. The average molecular weight is 531 g/mol. The fraction of sp³-hybridized carbons (Fsp3) is 0.0435. The van der Waals surface area contributed by atoms with Crippen LogP contribution in [0.15, 0.2) is 91.0 Å². The van der Waals surface area contributed by atoms with E-state index in [0.29, 0.717) is 0 Å². The van der Waals surface area contributed by atoms with E-state index in [4.69, 9.17) is 0 Å². The summed E-state index contributed by atoms with van der Waals surface area (Å²) >= 11 is 1.86. The maximum atomic E-state index is 12.6. The van der Waals surface area contributed by atoms with E-state index in [0.717, 1.165) is 0 Å². The van der Waals surface area contributed by atoms with E-state index in [2.05, 4.69) is 79.0 Å². The Morgan fingerprint density at radius 2 is 1.15 bits per heavy atom. The third-order valence-corrected chi connectivity index (χ3v) is 8.78. The van der Waals surface area contributed by atoms with E-state index in [9.17, 15) is 34.9 Å². The quantitative estimate of drug-likeness (QED) is 0.100. The first-order valence-electron chi connectivity index (χ1n) is 9.39. The van der Waals surface area contributed by atoms with Crippen molar-refractivity contribution >= 4 is 32.3 Å². The van der Waals surface area contributed by atoms with Gasteiger partial charge in [0.05, 0.1) is 0 Å². The highest BCUT2D eigenvalue weighted by Gasteiger charge is 2.30. The van der Waals surface area contributed by atoms with E-state index in [1.807, 2.05) is 11.3 Å². The number of hydrogen-bond donors (Lipinski definition) is 0. The molecule has 0 saturated heterocycles. The van der Waals surface area contributed by atoms with Gasteiger partial charge >= 0.3 is 0 Å². The molecule has 0 unspecified atom stereocenters. The van der Waals surface area contributed by atoms with Crippen LogP contribution in [0.2, 0.25) is 0 Å². The van der Waals surface area contributed by atoms with Crippen LogP contribution in [0, 0.1) is 36.0 Å². The third-order valence-electron chi connectivity index (χ3n) is 4.29. The molecular weight excluding hydrogens is 515 g/mol. The SMILES string of the molecule is Cc1csc([S+](c2ccccc2)c2ccccc2)c1.O=S(=O)([O-])c1c(F)c(F)c(F)c(F)c1F. The number of benzene rings is 3. The van der Waals surface area contributed by atoms with E-state index in [1.165, 1.54) is 19.6 Å². The van der Waals surface area contributed by atoms with E-state index in [1.54, 1.807) is 0 Å². The van der Waals surface area contributed by atoms with Crippen LogP contribution in [0.25, 0.3) is 0 Å². The minimum atomic E-state index is -5.77. The van der Waals surface area contributed by atoms with Gasteiger partial charge in [0.25, 0.3) is 0 Å². The highest BCUT2D eigenvalue weighted by atomic mass is 32.2. The summed E-state index contributed by atoms with van der Waals surface area (Å²) in [6, 6.07) is 23.9. The molecule has 0 atom stereocenters. The first kappa shape index (κ1) is 25.9. The van der Waals surface area contributed by atoms with Crippen molar-refractivity contribution in [3.05, 3.63) is 107 Å². The van der Waals surface area contributed by atoms with Crippen LogP contribution in [0.4, 0.5) is 22.0 Å². The standard InChI is InChI=1S/C17H15S2.C6HF5O3S/c1-14-12-17(18-13-14)19(15-8-4-2-5-9-15)16-10-6-3-7-11-16;7-1-2(8)4(10)6(15(12,13)14)5(11)3(1)9/h2-13H,1H3;(H,12,13,14)/q+1;/p-1. The van der Waals surface area contributed by atoms with Gasteiger partial charge in [0.2, 0.25) is 10.0 Å². The molecule has 1 aromatic heterocycles. The van der Waals surface area contributed by atoms with Crippen molar-refractivity contribution in [1.82, 2.24) is 0 Å². The Hall–Kier alpha value is -2.73. The molecule has 11 heteroatoms. The maximum Gasteiger partial charge on any atom is 0.220 e. The van der Waals surface area contributed by atoms with Crippen LogP contribution in [-0.4, -0.2) is 13.0 Å². The zero-order valence-corrected chi connectivity index (χ0v) is 19.7. The average Bonchev–Trinajstić information content (AvgIpc) is 3.23. The van der Waals surface area contributed by atoms with Crippen molar-refractivity contribution < 1.29 is 34.9 Å². The molecule has 0 amide bonds. The van der Waals surface area contributed by atoms with Gasteiger partial charge in [0, 0.05) is 6.07 Å². The monoisotopic (exact) mass is 530 g/mol. The summed E-state index contributed by atoms with van der Waals surface area (Å²) in [7, 11) is -5.75. The van der Waals surface area contributed by atoms with Gasteiger partial charge in [-0.05, 0) is 42.1 Å². The van der Waals surface area contributed by atoms with Crippen molar-refractivity contribution in [3.8, 4) is 0 Å². The second-order valence-electron chi connectivity index (χ2n) is 6.73. The second-order valence-corrected chi connectivity index (χ2v) is 11.2. The number of rotatable bonds is 4. The lowest BCUT2D eigenvalue weighted by Gasteiger charge is -2.10. The van der Waals surface area contributed by atoms with Crippen LogP contribution >= 0.6 is 11.3 Å². The molecule has 4 rings (SSSR count). The molecule has 0 fully saturated rings. The molecule has 0 saturated carbocycles. The van der Waals surface area contributed by atoms with Crippen LogP contribution in [0.5, 0.6) is 0 Å². The van der Waals surface area contributed by atoms with Gasteiger partial charge in [-0.3, -0.25) is 0 Å². The Bertz CT molecular complexity index is 1320. The topological polar surface area (TPSA) is 57.2 Å². The summed E-state index contributed by atoms with van der Waals surface area (Å²) in [6.07, 6.45) is 0. The molecule has 3 aromatic carbocycles. The number of hydrogen-bond acceptors (Lipinski definition) is 4. The van der Waals surface area contributed by atoms with Gasteiger partial charge in [-0.25, -0.2) is 30.4 Å². The van der Waals surface area contributed by atoms with Gasteiger partial charge in [0.15, 0.2) is 33.1 Å². The van der Waals surface area contributed by atoms with Crippen LogP contribution < -0.4 is 0 Å². The summed E-state index contributed by atoms with van der Waals surface area (Å²) in [5.41, 5.74) is 1.35. The molecule has 0 radical (unpaired) electrons. The lowest BCUT2D eigenvalue weighted by molar-refractivity contribution is 0.350. The fourth-order valence-electron chi connectivity index (χ4n) is 2.80. The number of halogens is 5. The molecular formula is C23H15F5O3S3. The summed E-state index contributed by atoms with van der Waals surface area (Å²) in [6.45, 7) is 2.16. The molecule has 0 aliphatic carbocycles. The lowest BCUT2D eigenvalue weighted by Crippen LogP contribution is -2.12. The molecule has 34 heavy (non-hydrogen) atoms. The fourth-order valence-corrected chi connectivity index (χ4v) is 7.05. The zero-order chi connectivity index (χ0) is 25.0. The van der Waals surface area contributed by atoms with Crippen LogP contribution in [-0.2, 0) is 21.0 Å². The number of aryl methyl sites for hydroxylation is 1. The van der Waals surface area contributed by atoms with Crippen molar-refractivity contribution in [3.63, 3.8) is 0 Å². The van der Waals surface area contributed by atoms with Crippen molar-refractivity contribution in [2.45, 2.75) is 25.8 Å². The first-order valence-corrected chi connectivity index (χ1v) is 12.9. The Kier molecular flexibility index (Phi) is 8.13. The van der Waals surface area contributed by atoms with Crippen LogP contribution in [0.1, 0.15) is 5.56 Å². The molecule has 0 aliphatic rings. The van der Waals surface area contributed by atoms with Crippen molar-refractivity contribution in [2.75, 3.05) is 0 Å². The second kappa shape index (κ2) is 10.7. The largest absolute Gasteiger partial charge is 0.744 e. The third kappa shape index (κ3) is 5.66. The normalized spacial score (nSPS) is 11.3. The van der Waals surface area contributed by atoms with E-state index in [-0.39, 0.29) is 10.9 Å². The molecule has 3 nitrogen and oxygen atoms in total. The highest BCUT2D eigenvalue weighted by Crippen LogP contribution is 2.34. The zero-order valence-electron chi connectivity index (χ0n) is 17.3. The Labute approximate surface area is 199 Å². The molecule has 178 valence electrons. The van der Waals surface area contributed by atoms with Crippen molar-refractivity contribution in [1.29, 1.82) is 0 Å². The minimum Gasteiger partial charge on any atom is -0.744 e. The Balaban J connectivity index is 0.000000197. The van der Waals surface area contributed by atoms with Gasteiger partial charge in [-0.15, -0.1) is 0 Å². The molecule has 4 aromatic rings. The maximum absolute atomic E-state index is 12.6. The molecule has 0 bridgehead atoms. The molecule has 0 spiro atoms. The molecule has 0 N–H and O–H groups in total. The molecule has 1 heterocycles. The van der Waals surface area contributed by atoms with Gasteiger partial charge in [0.1, 0.15) is 25.9 Å². The van der Waals surface area contributed by atoms with Gasteiger partial charge in [-0.2, -0.15) is 0 Å².